The van der Waals surface area contributed by atoms with E-state index >= 15 is 0 Å². The zero-order valence-corrected chi connectivity index (χ0v) is 26.5. The summed E-state index contributed by atoms with van der Waals surface area (Å²) < 4.78 is 0. The molecule has 0 aromatic carbocycles. The second-order valence-corrected chi connectivity index (χ2v) is 3.13. The van der Waals surface area contributed by atoms with Gasteiger partial charge in [0.15, 0.2) is 24.4 Å². The Hall–Kier alpha value is 4.23. The molecule has 0 fully saturated rings. The molecule has 13 nitrogen and oxygen atoms in total. The number of hydrogen-bond donors (Lipinski definition) is 8. The van der Waals surface area contributed by atoms with Gasteiger partial charge >= 0.3 is 23.9 Å². The summed E-state index contributed by atoms with van der Waals surface area (Å²) in [5, 5.41) is 65.1. The van der Waals surface area contributed by atoms with Crippen molar-refractivity contribution in [1.29, 1.82) is 0 Å². The molecule has 128 valence electrons. The number of aliphatic hydroxyl groups excluding tert-OH is 4. The van der Waals surface area contributed by atoms with Crippen molar-refractivity contribution in [3.8, 4) is 0 Å². The van der Waals surface area contributed by atoms with Crippen LogP contribution < -0.4 is 0 Å². The quantitative estimate of drug-likeness (QED) is 0.167. The molecule has 0 aromatic heterocycles. The molecule has 0 amide bonds. The molecule has 0 rings (SSSR count). The summed E-state index contributed by atoms with van der Waals surface area (Å²) in [5.74, 6) is -7.07. The average Bonchev–Trinajstić information content (AvgIpc) is 2.35. The van der Waals surface area contributed by atoms with Crippen LogP contribution in [0.5, 0.6) is 0 Å². The smallest absolute Gasteiger partial charge is 0.335 e. The summed E-state index contributed by atoms with van der Waals surface area (Å²) >= 11 is 0. The van der Waals surface area contributed by atoms with Gasteiger partial charge in [-0.05, 0) is 0 Å². The van der Waals surface area contributed by atoms with Gasteiger partial charge in [-0.1, -0.05) is 0 Å². The maximum atomic E-state index is 9.77. The van der Waals surface area contributed by atoms with Gasteiger partial charge in [-0.2, -0.15) is 0 Å². The molecular weight excluding hydrogens is 460 g/mol. The minimum absolute atomic E-state index is 0. The van der Waals surface area contributed by atoms with E-state index in [-0.39, 0.29) is 211 Å². The fraction of sp³-hybridized carbons (Fsp3) is 0.500. The normalized spacial score (nSPS) is 12.6. The number of rotatable bonds is 6. The van der Waals surface area contributed by atoms with E-state index in [0.29, 0.717) is 0 Å². The fourth-order valence-electron chi connectivity index (χ4n) is 0.540. The zero-order valence-electron chi connectivity index (χ0n) is 14.0. The van der Waals surface area contributed by atoms with Gasteiger partial charge in [0.05, 0.1) is 0 Å². The number of aliphatic hydroxyl groups is 4. The second-order valence-electron chi connectivity index (χ2n) is 3.13. The van der Waals surface area contributed by atoms with Crippen LogP contribution in [0.1, 0.15) is 0 Å². The summed E-state index contributed by atoms with van der Waals surface area (Å²) in [4.78, 5) is 39.1. The van der Waals surface area contributed by atoms with E-state index in [9.17, 15) is 19.2 Å². The third-order valence-corrected chi connectivity index (χ3v) is 1.61. The van der Waals surface area contributed by atoms with Gasteiger partial charge in [0, 0.05) is 206 Å². The molecule has 0 aliphatic heterocycles. The number of hydrogen-bond acceptors (Lipinski definition) is 8. The molecule has 10 N–H and O–H groups in total. The molecule has 0 spiro atoms. The van der Waals surface area contributed by atoms with Crippen LogP contribution in [-0.4, -0.2) is 300 Å². The van der Waals surface area contributed by atoms with Crippen LogP contribution in [0.4, 0.5) is 0 Å². The van der Waals surface area contributed by atoms with Gasteiger partial charge in [0.1, 0.15) is 0 Å². The Kier molecular flexibility index (Phi) is 49.5. The number of carboxylic acids is 4. The summed E-state index contributed by atoms with van der Waals surface area (Å²) in [6.45, 7) is 0. The largest absolute Gasteiger partial charge is 0.479 e. The van der Waals surface area contributed by atoms with Crippen LogP contribution in [0, 0.1) is 0 Å². The molecule has 4 atom stereocenters. The molecule has 4 radical (unpaired) electrons. The molecule has 25 heavy (non-hydrogen) atoms. The maximum absolute atomic E-state index is 9.77. The van der Waals surface area contributed by atoms with E-state index in [0.717, 1.165) is 0 Å². The van der Waals surface area contributed by atoms with Gasteiger partial charge in [-0.15, -0.1) is 0 Å². The van der Waals surface area contributed by atoms with Crippen molar-refractivity contribution >= 4 is 229 Å². The second kappa shape index (κ2) is 26.3. The summed E-state index contributed by atoms with van der Waals surface area (Å²) in [6.07, 6.45) is -9.06. The Morgan fingerprint density at radius 3 is 0.560 bits per heavy atom. The number of carboxylic acid groups (broad SMARTS) is 4. The molecule has 0 saturated carbocycles. The minimum Gasteiger partial charge on any atom is -0.479 e. The summed E-state index contributed by atoms with van der Waals surface area (Å²) in [6, 6.07) is 0. The standard InChI is InChI=1S/2C4H6O6.4K.H2O/c2*5-1(3(7)8)2(6)4(9)10;;;;;/h2*1-2,5-6H,(H,7,8)(H,9,10);;;;;1H2. The molecule has 0 saturated heterocycles. The van der Waals surface area contributed by atoms with Crippen LogP contribution in [0.2, 0.25) is 0 Å². The first-order valence-electron chi connectivity index (χ1n) is 4.57. The van der Waals surface area contributed by atoms with Crippen molar-refractivity contribution in [3.05, 3.63) is 0 Å². The monoisotopic (exact) mass is 474 g/mol. The Morgan fingerprint density at radius 2 is 0.520 bits per heavy atom. The third kappa shape index (κ3) is 24.4. The number of aliphatic carboxylic acids is 4. The Balaban J connectivity index is -0.0000000432. The van der Waals surface area contributed by atoms with E-state index in [4.69, 9.17) is 40.9 Å². The predicted octanol–water partition coefficient (Wildman–Crippen LogP) is -6.59. The van der Waals surface area contributed by atoms with E-state index in [1.807, 2.05) is 0 Å². The molecule has 0 heterocycles. The molecule has 0 aliphatic rings. The molecular formula is C8H14K4O13. The molecule has 4 unspecified atom stereocenters. The van der Waals surface area contributed by atoms with Crippen molar-refractivity contribution in [2.24, 2.45) is 0 Å². The predicted molar refractivity (Wildman–Crippen MR) is 81.2 cm³/mol. The minimum atomic E-state index is -2.27. The van der Waals surface area contributed by atoms with Crippen LogP contribution in [-0.2, 0) is 19.2 Å². The van der Waals surface area contributed by atoms with Crippen molar-refractivity contribution < 1.29 is 65.5 Å². The average molecular weight is 475 g/mol. The first-order valence-corrected chi connectivity index (χ1v) is 4.57. The molecule has 0 aliphatic carbocycles. The summed E-state index contributed by atoms with van der Waals surface area (Å²) in [7, 11) is 0. The Labute approximate surface area is 310 Å². The first-order chi connectivity index (χ1) is 8.93. The first kappa shape index (κ1) is 47.1. The van der Waals surface area contributed by atoms with E-state index in [1.165, 1.54) is 0 Å². The SMILES string of the molecule is O.O=C(O)C(O)C(O)C(=O)O.O=C(O)C(O)C(O)C(=O)O.[K].[K].[K].[K]. The van der Waals surface area contributed by atoms with E-state index < -0.39 is 48.3 Å². The van der Waals surface area contributed by atoms with Crippen LogP contribution in [0.3, 0.4) is 0 Å². The van der Waals surface area contributed by atoms with Gasteiger partial charge in [-0.3, -0.25) is 0 Å². The van der Waals surface area contributed by atoms with Crippen molar-refractivity contribution in [1.82, 2.24) is 0 Å². The van der Waals surface area contributed by atoms with Crippen LogP contribution >= 0.6 is 0 Å². The zero-order chi connectivity index (χ0) is 16.6. The number of carbonyl (C=O) groups is 4. The summed E-state index contributed by atoms with van der Waals surface area (Å²) in [5.41, 5.74) is 0. The van der Waals surface area contributed by atoms with E-state index in [1.54, 1.807) is 0 Å². The maximum Gasteiger partial charge on any atom is 0.335 e. The van der Waals surface area contributed by atoms with Crippen molar-refractivity contribution in [2.45, 2.75) is 24.4 Å². The van der Waals surface area contributed by atoms with Crippen LogP contribution in [0.25, 0.3) is 0 Å². The van der Waals surface area contributed by atoms with E-state index in [2.05, 4.69) is 0 Å². The molecule has 0 bridgehead atoms. The van der Waals surface area contributed by atoms with Gasteiger partial charge in [0.2, 0.25) is 0 Å². The van der Waals surface area contributed by atoms with Crippen LogP contribution in [0.15, 0.2) is 0 Å². The molecule has 0 aromatic rings. The topological polar surface area (TPSA) is 262 Å². The molecule has 17 heteroatoms. The fourth-order valence-corrected chi connectivity index (χ4v) is 0.540. The van der Waals surface area contributed by atoms with Gasteiger partial charge < -0.3 is 46.3 Å². The van der Waals surface area contributed by atoms with Gasteiger partial charge in [0.25, 0.3) is 0 Å². The third-order valence-electron chi connectivity index (χ3n) is 1.61. The van der Waals surface area contributed by atoms with Crippen molar-refractivity contribution in [2.75, 3.05) is 0 Å². The Bertz CT molecular complexity index is 320. The van der Waals surface area contributed by atoms with Gasteiger partial charge in [-0.25, -0.2) is 19.2 Å². The van der Waals surface area contributed by atoms with Crippen molar-refractivity contribution in [3.63, 3.8) is 0 Å². The Morgan fingerprint density at radius 1 is 0.440 bits per heavy atom.